The second kappa shape index (κ2) is 10.0. The van der Waals surface area contributed by atoms with E-state index < -0.39 is 9.84 Å². The summed E-state index contributed by atoms with van der Waals surface area (Å²) in [5.74, 6) is 1.94. The summed E-state index contributed by atoms with van der Waals surface area (Å²) in [4.78, 5) is 0. The Labute approximate surface area is 122 Å². The van der Waals surface area contributed by atoms with E-state index in [4.69, 9.17) is 0 Å². The molecule has 0 spiro atoms. The van der Waals surface area contributed by atoms with Gasteiger partial charge in [-0.2, -0.15) is 11.8 Å². The molecule has 116 valence electrons. The molecule has 0 aliphatic carbocycles. The van der Waals surface area contributed by atoms with Gasteiger partial charge in [0.2, 0.25) is 0 Å². The molecule has 1 unspecified atom stereocenters. The molecule has 2 N–H and O–H groups in total. The number of rotatable bonds is 12. The summed E-state index contributed by atoms with van der Waals surface area (Å²) in [6.07, 6.45) is 5.42. The third kappa shape index (κ3) is 11.7. The molecule has 0 bridgehead atoms. The van der Waals surface area contributed by atoms with Gasteiger partial charge in [-0.15, -0.1) is 0 Å². The molecule has 0 aromatic carbocycles. The van der Waals surface area contributed by atoms with E-state index in [0.29, 0.717) is 5.75 Å². The maximum absolute atomic E-state index is 10.9. The van der Waals surface area contributed by atoms with Crippen LogP contribution in [0.15, 0.2) is 0 Å². The highest BCUT2D eigenvalue weighted by molar-refractivity contribution is 8.00. The van der Waals surface area contributed by atoms with Crippen molar-refractivity contribution >= 4 is 21.6 Å². The molecule has 4 nitrogen and oxygen atoms in total. The fraction of sp³-hybridized carbons (Fsp3) is 1.00. The van der Waals surface area contributed by atoms with E-state index in [2.05, 4.69) is 19.2 Å². The first-order valence-electron chi connectivity index (χ1n) is 6.94. The third-order valence-electron chi connectivity index (χ3n) is 3.02. The number of unbranched alkanes of at least 4 members (excludes halogenated alkanes) is 1. The first-order valence-corrected chi connectivity index (χ1v) is 10.2. The van der Waals surface area contributed by atoms with Crippen molar-refractivity contribution in [2.24, 2.45) is 0 Å². The van der Waals surface area contributed by atoms with E-state index in [1.807, 2.05) is 0 Å². The van der Waals surface area contributed by atoms with Crippen molar-refractivity contribution in [1.29, 1.82) is 0 Å². The third-order valence-corrected chi connectivity index (χ3v) is 5.29. The Morgan fingerprint density at radius 3 is 2.47 bits per heavy atom. The lowest BCUT2D eigenvalue weighted by Gasteiger charge is -2.28. The first-order chi connectivity index (χ1) is 8.83. The number of hydrogen-bond donors (Lipinski definition) is 2. The quantitative estimate of drug-likeness (QED) is 0.537. The Morgan fingerprint density at radius 1 is 1.26 bits per heavy atom. The minimum atomic E-state index is -2.82. The normalized spacial score (nSPS) is 15.4. The number of sulfone groups is 1. The number of nitrogens with one attached hydrogen (secondary N) is 1. The average molecular weight is 312 g/mol. The van der Waals surface area contributed by atoms with Gasteiger partial charge in [0.25, 0.3) is 0 Å². The molecule has 0 amide bonds. The van der Waals surface area contributed by atoms with Crippen molar-refractivity contribution < 1.29 is 13.5 Å². The Kier molecular flexibility index (Phi) is 10.1. The van der Waals surface area contributed by atoms with Crippen molar-refractivity contribution in [1.82, 2.24) is 5.32 Å². The van der Waals surface area contributed by atoms with Crippen molar-refractivity contribution in [3.63, 3.8) is 0 Å². The maximum atomic E-state index is 10.9. The predicted octanol–water partition coefficient (Wildman–Crippen LogP) is 1.69. The summed E-state index contributed by atoms with van der Waals surface area (Å²) in [5, 5.41) is 12.8. The summed E-state index contributed by atoms with van der Waals surface area (Å²) >= 11 is 1.69. The summed E-state index contributed by atoms with van der Waals surface area (Å²) in [7, 11) is -2.82. The molecule has 0 saturated heterocycles. The standard InChI is InChI=1S/C13H29NO3S2/c1-4-8-14-13(2,12-15)7-5-6-9-18-10-11-19(3,16)17/h14-15H,4-12H2,1-3H3. The van der Waals surface area contributed by atoms with Gasteiger partial charge in [0.1, 0.15) is 9.84 Å². The van der Waals surface area contributed by atoms with Crippen LogP contribution in [-0.4, -0.2) is 55.7 Å². The van der Waals surface area contributed by atoms with Crippen LogP contribution in [0.3, 0.4) is 0 Å². The molecule has 0 aromatic rings. The van der Waals surface area contributed by atoms with Crippen LogP contribution in [0.2, 0.25) is 0 Å². The molecule has 0 aromatic heterocycles. The summed E-state index contributed by atoms with van der Waals surface area (Å²) < 4.78 is 21.9. The Bertz CT molecular complexity index is 320. The number of hydrogen-bond acceptors (Lipinski definition) is 5. The zero-order valence-corrected chi connectivity index (χ0v) is 14.1. The highest BCUT2D eigenvalue weighted by Gasteiger charge is 2.21. The van der Waals surface area contributed by atoms with Crippen LogP contribution >= 0.6 is 11.8 Å². The molecule has 0 aliphatic rings. The van der Waals surface area contributed by atoms with Gasteiger partial charge < -0.3 is 10.4 Å². The van der Waals surface area contributed by atoms with Gasteiger partial charge in [0.15, 0.2) is 0 Å². The van der Waals surface area contributed by atoms with Crippen molar-refractivity contribution in [2.45, 2.75) is 45.1 Å². The van der Waals surface area contributed by atoms with Gasteiger partial charge in [-0.05, 0) is 38.5 Å². The Hall–Kier alpha value is 0.220. The molecule has 0 rings (SSSR count). The van der Waals surface area contributed by atoms with Crippen molar-refractivity contribution in [3.8, 4) is 0 Å². The molecule has 0 heterocycles. The first kappa shape index (κ1) is 19.2. The number of thioether (sulfide) groups is 1. The van der Waals surface area contributed by atoms with Crippen LogP contribution < -0.4 is 5.32 Å². The fourth-order valence-corrected chi connectivity index (χ4v) is 3.98. The van der Waals surface area contributed by atoms with Crippen LogP contribution in [0.4, 0.5) is 0 Å². The number of aliphatic hydroxyl groups excluding tert-OH is 1. The van der Waals surface area contributed by atoms with Gasteiger partial charge >= 0.3 is 0 Å². The lowest BCUT2D eigenvalue weighted by Crippen LogP contribution is -2.46. The Morgan fingerprint density at radius 2 is 1.95 bits per heavy atom. The lowest BCUT2D eigenvalue weighted by molar-refractivity contribution is 0.163. The van der Waals surface area contributed by atoms with Gasteiger partial charge in [0.05, 0.1) is 12.4 Å². The largest absolute Gasteiger partial charge is 0.394 e. The zero-order chi connectivity index (χ0) is 14.8. The highest BCUT2D eigenvalue weighted by atomic mass is 32.2. The molecule has 0 radical (unpaired) electrons. The molecule has 19 heavy (non-hydrogen) atoms. The summed E-state index contributed by atoms with van der Waals surface area (Å²) in [6, 6.07) is 0. The second-order valence-corrected chi connectivity index (χ2v) is 8.83. The highest BCUT2D eigenvalue weighted by Crippen LogP contribution is 2.15. The monoisotopic (exact) mass is 311 g/mol. The van der Waals surface area contributed by atoms with Gasteiger partial charge in [-0.1, -0.05) is 13.3 Å². The van der Waals surface area contributed by atoms with Crippen LogP contribution in [0, 0.1) is 0 Å². The van der Waals surface area contributed by atoms with E-state index >= 15 is 0 Å². The second-order valence-electron chi connectivity index (χ2n) is 5.34. The van der Waals surface area contributed by atoms with Crippen molar-refractivity contribution in [3.05, 3.63) is 0 Å². The zero-order valence-electron chi connectivity index (χ0n) is 12.4. The predicted molar refractivity (Wildman–Crippen MR) is 84.7 cm³/mol. The average Bonchev–Trinajstić information content (AvgIpc) is 2.34. The van der Waals surface area contributed by atoms with Crippen LogP contribution in [0.5, 0.6) is 0 Å². The summed E-state index contributed by atoms with van der Waals surface area (Å²) in [5.41, 5.74) is -0.173. The topological polar surface area (TPSA) is 66.4 Å². The fourth-order valence-electron chi connectivity index (χ4n) is 1.68. The molecule has 0 fully saturated rings. The van der Waals surface area contributed by atoms with E-state index in [-0.39, 0.29) is 17.9 Å². The smallest absolute Gasteiger partial charge is 0.148 e. The summed E-state index contributed by atoms with van der Waals surface area (Å²) in [6.45, 7) is 5.26. The minimum Gasteiger partial charge on any atom is -0.394 e. The molecule has 0 aliphatic heterocycles. The SMILES string of the molecule is CCCNC(C)(CO)CCCCSCCS(C)(=O)=O. The number of aliphatic hydroxyl groups is 1. The van der Waals surface area contributed by atoms with E-state index in [9.17, 15) is 13.5 Å². The van der Waals surface area contributed by atoms with Crippen LogP contribution in [-0.2, 0) is 9.84 Å². The van der Waals surface area contributed by atoms with E-state index in [1.165, 1.54) is 6.26 Å². The van der Waals surface area contributed by atoms with Crippen LogP contribution in [0.1, 0.15) is 39.5 Å². The molecular weight excluding hydrogens is 282 g/mol. The van der Waals surface area contributed by atoms with Gasteiger partial charge in [-0.3, -0.25) is 0 Å². The van der Waals surface area contributed by atoms with Gasteiger partial charge in [0, 0.05) is 17.5 Å². The molecular formula is C13H29NO3S2. The van der Waals surface area contributed by atoms with Crippen molar-refractivity contribution in [2.75, 3.05) is 36.7 Å². The lowest BCUT2D eigenvalue weighted by atomic mass is 9.96. The maximum Gasteiger partial charge on any atom is 0.148 e. The molecule has 1 atom stereocenters. The van der Waals surface area contributed by atoms with Crippen LogP contribution in [0.25, 0.3) is 0 Å². The molecule has 0 saturated carbocycles. The van der Waals surface area contributed by atoms with E-state index in [1.54, 1.807) is 11.8 Å². The van der Waals surface area contributed by atoms with Gasteiger partial charge in [-0.25, -0.2) is 8.42 Å². The van der Waals surface area contributed by atoms with E-state index in [0.717, 1.165) is 38.0 Å². The minimum absolute atomic E-state index is 0.161. The Balaban J connectivity index is 3.61. The molecule has 6 heteroatoms.